The van der Waals surface area contributed by atoms with Gasteiger partial charge in [0.1, 0.15) is 17.6 Å². The van der Waals surface area contributed by atoms with Crippen LogP contribution in [0.1, 0.15) is 16.8 Å². The third-order valence-electron chi connectivity index (χ3n) is 3.18. The molecule has 0 radical (unpaired) electrons. The number of hydrogen-bond donors (Lipinski definition) is 1. The van der Waals surface area contributed by atoms with Crippen LogP contribution < -0.4 is 0 Å². The maximum atomic E-state index is 12.9. The lowest BCUT2D eigenvalue weighted by atomic mass is 10.0. The molecule has 1 heterocycles. The number of aromatic amines is 1. The van der Waals surface area contributed by atoms with Gasteiger partial charge in [0.05, 0.1) is 0 Å². The van der Waals surface area contributed by atoms with E-state index in [1.807, 2.05) is 30.3 Å². The Balaban J connectivity index is 1.90. The molecule has 0 aliphatic heterocycles. The Kier molecular flexibility index (Phi) is 3.44. The third-order valence-corrected chi connectivity index (χ3v) is 3.18. The zero-order chi connectivity index (χ0) is 14.7. The summed E-state index contributed by atoms with van der Waals surface area (Å²) in [4.78, 5) is 0. The van der Waals surface area contributed by atoms with E-state index in [-0.39, 0.29) is 5.82 Å². The number of H-pyrrole nitrogens is 1. The van der Waals surface area contributed by atoms with Crippen molar-refractivity contribution in [1.82, 2.24) is 15.4 Å². The molecule has 1 N–H and O–H groups in total. The maximum Gasteiger partial charge on any atom is 0.163 e. The van der Waals surface area contributed by atoms with E-state index in [0.717, 1.165) is 16.7 Å². The number of halogens is 1. The average Bonchev–Trinajstić information content (AvgIpc) is 2.98. The highest BCUT2D eigenvalue weighted by Crippen LogP contribution is 2.21. The second-order valence-electron chi connectivity index (χ2n) is 4.65. The Labute approximate surface area is 120 Å². The van der Waals surface area contributed by atoms with Crippen molar-refractivity contribution >= 4 is 0 Å². The Morgan fingerprint density at radius 3 is 2.67 bits per heavy atom. The predicted octanol–water partition coefficient (Wildman–Crippen LogP) is 3.07. The van der Waals surface area contributed by atoms with Crippen LogP contribution in [0.3, 0.4) is 0 Å². The number of nitriles is 1. The van der Waals surface area contributed by atoms with Gasteiger partial charge in [-0.05, 0) is 35.7 Å². The fourth-order valence-corrected chi connectivity index (χ4v) is 2.17. The van der Waals surface area contributed by atoms with Crippen LogP contribution >= 0.6 is 0 Å². The van der Waals surface area contributed by atoms with Crippen LogP contribution in [-0.2, 0) is 6.42 Å². The van der Waals surface area contributed by atoms with E-state index >= 15 is 0 Å². The molecule has 0 amide bonds. The second-order valence-corrected chi connectivity index (χ2v) is 4.65. The molecule has 0 aliphatic carbocycles. The van der Waals surface area contributed by atoms with Crippen molar-refractivity contribution in [1.29, 1.82) is 5.26 Å². The highest BCUT2D eigenvalue weighted by Gasteiger charge is 2.09. The molecule has 0 aliphatic rings. The Hall–Kier alpha value is -3.00. The quantitative estimate of drug-likeness (QED) is 0.800. The first-order valence-corrected chi connectivity index (χ1v) is 6.41. The van der Waals surface area contributed by atoms with Gasteiger partial charge in [0.2, 0.25) is 0 Å². The molecule has 0 unspecified atom stereocenters. The predicted molar refractivity (Wildman–Crippen MR) is 75.7 cm³/mol. The van der Waals surface area contributed by atoms with Gasteiger partial charge in [-0.3, -0.25) is 0 Å². The zero-order valence-electron chi connectivity index (χ0n) is 11.0. The highest BCUT2D eigenvalue weighted by atomic mass is 19.1. The smallest absolute Gasteiger partial charge is 0.163 e. The van der Waals surface area contributed by atoms with E-state index < -0.39 is 0 Å². The molecule has 1 aromatic heterocycles. The molecule has 0 fully saturated rings. The minimum Gasteiger partial charge on any atom is -0.247 e. The molecule has 0 saturated carbocycles. The molecule has 0 bridgehead atoms. The SMILES string of the molecule is N#Cc1[nH]nnc1-c1cccc(Cc2ccc(F)cc2)c1. The van der Waals surface area contributed by atoms with Crippen molar-refractivity contribution in [3.63, 3.8) is 0 Å². The fraction of sp³-hybridized carbons (Fsp3) is 0.0625. The summed E-state index contributed by atoms with van der Waals surface area (Å²) in [5.74, 6) is -0.242. The lowest BCUT2D eigenvalue weighted by molar-refractivity contribution is 0.627. The van der Waals surface area contributed by atoms with Crippen molar-refractivity contribution in [2.45, 2.75) is 6.42 Å². The Morgan fingerprint density at radius 1 is 1.10 bits per heavy atom. The molecule has 0 saturated heterocycles. The molecule has 4 nitrogen and oxygen atoms in total. The minimum atomic E-state index is -0.242. The van der Waals surface area contributed by atoms with Gasteiger partial charge in [-0.2, -0.15) is 5.26 Å². The summed E-state index contributed by atoms with van der Waals surface area (Å²) in [6.45, 7) is 0. The zero-order valence-corrected chi connectivity index (χ0v) is 11.0. The monoisotopic (exact) mass is 278 g/mol. The van der Waals surface area contributed by atoms with Gasteiger partial charge >= 0.3 is 0 Å². The molecule has 2 aromatic carbocycles. The number of nitrogens with zero attached hydrogens (tertiary/aromatic N) is 3. The summed E-state index contributed by atoms with van der Waals surface area (Å²) in [6.07, 6.45) is 0.688. The largest absolute Gasteiger partial charge is 0.247 e. The summed E-state index contributed by atoms with van der Waals surface area (Å²) in [5.41, 5.74) is 3.80. The lowest BCUT2D eigenvalue weighted by Crippen LogP contribution is -1.90. The van der Waals surface area contributed by atoms with Crippen LogP contribution in [0.15, 0.2) is 48.5 Å². The Bertz CT molecular complexity index is 800. The summed E-state index contributed by atoms with van der Waals surface area (Å²) >= 11 is 0. The van der Waals surface area contributed by atoms with E-state index in [9.17, 15) is 4.39 Å². The molecule has 3 aromatic rings. The topological polar surface area (TPSA) is 65.4 Å². The third kappa shape index (κ3) is 2.79. The van der Waals surface area contributed by atoms with Crippen LogP contribution in [0.5, 0.6) is 0 Å². The minimum absolute atomic E-state index is 0.242. The van der Waals surface area contributed by atoms with Gasteiger partial charge in [0.15, 0.2) is 5.69 Å². The van der Waals surface area contributed by atoms with Crippen molar-refractivity contribution in [2.75, 3.05) is 0 Å². The van der Waals surface area contributed by atoms with Crippen LogP contribution in [0.2, 0.25) is 0 Å². The first kappa shape index (κ1) is 13.0. The fourth-order valence-electron chi connectivity index (χ4n) is 2.17. The van der Waals surface area contributed by atoms with Crippen molar-refractivity contribution < 1.29 is 4.39 Å². The molecule has 5 heteroatoms. The van der Waals surface area contributed by atoms with Crippen LogP contribution in [0, 0.1) is 17.1 Å². The molecule has 0 spiro atoms. The van der Waals surface area contributed by atoms with Crippen LogP contribution in [0.4, 0.5) is 4.39 Å². The van der Waals surface area contributed by atoms with Crippen LogP contribution in [0.25, 0.3) is 11.3 Å². The first-order chi connectivity index (χ1) is 10.3. The summed E-state index contributed by atoms with van der Waals surface area (Å²) in [5, 5.41) is 19.2. The van der Waals surface area contributed by atoms with Crippen molar-refractivity contribution in [3.8, 4) is 17.3 Å². The number of nitrogens with one attached hydrogen (secondary N) is 1. The molecule has 0 atom stereocenters. The van der Waals surface area contributed by atoms with Gasteiger partial charge in [0.25, 0.3) is 0 Å². The van der Waals surface area contributed by atoms with E-state index in [1.165, 1.54) is 12.1 Å². The second kappa shape index (κ2) is 5.55. The van der Waals surface area contributed by atoms with Gasteiger partial charge < -0.3 is 0 Å². The highest BCUT2D eigenvalue weighted by molar-refractivity contribution is 5.64. The number of benzene rings is 2. The lowest BCUT2D eigenvalue weighted by Gasteiger charge is -2.04. The van der Waals surface area contributed by atoms with E-state index in [0.29, 0.717) is 17.8 Å². The molecular formula is C16H11FN4. The number of aromatic nitrogens is 3. The van der Waals surface area contributed by atoms with Gasteiger partial charge in [0, 0.05) is 5.56 Å². The van der Waals surface area contributed by atoms with Gasteiger partial charge in [-0.15, -0.1) is 5.10 Å². The van der Waals surface area contributed by atoms with Crippen LogP contribution in [-0.4, -0.2) is 15.4 Å². The normalized spacial score (nSPS) is 10.3. The maximum absolute atomic E-state index is 12.9. The summed E-state index contributed by atoms with van der Waals surface area (Å²) in [6, 6.07) is 16.2. The standard InChI is InChI=1S/C16H11FN4/c17-14-6-4-11(5-7-14)8-12-2-1-3-13(9-12)16-15(10-18)19-21-20-16/h1-7,9H,8H2,(H,19,20,21). The average molecular weight is 278 g/mol. The Morgan fingerprint density at radius 2 is 1.90 bits per heavy atom. The van der Waals surface area contributed by atoms with Gasteiger partial charge in [-0.25, -0.2) is 9.49 Å². The van der Waals surface area contributed by atoms with Crippen molar-refractivity contribution in [2.24, 2.45) is 0 Å². The van der Waals surface area contributed by atoms with Gasteiger partial charge in [-0.1, -0.05) is 35.5 Å². The first-order valence-electron chi connectivity index (χ1n) is 6.41. The molecule has 21 heavy (non-hydrogen) atoms. The molecule has 102 valence electrons. The molecule has 3 rings (SSSR count). The van der Waals surface area contributed by atoms with E-state index in [2.05, 4.69) is 15.4 Å². The summed E-state index contributed by atoms with van der Waals surface area (Å²) in [7, 11) is 0. The van der Waals surface area contributed by atoms with E-state index in [4.69, 9.17) is 5.26 Å². The number of rotatable bonds is 3. The number of hydrogen-bond acceptors (Lipinski definition) is 3. The van der Waals surface area contributed by atoms with Crippen molar-refractivity contribution in [3.05, 3.63) is 71.2 Å². The summed E-state index contributed by atoms with van der Waals surface area (Å²) < 4.78 is 12.9. The molecular weight excluding hydrogens is 267 g/mol. The van der Waals surface area contributed by atoms with E-state index in [1.54, 1.807) is 12.1 Å².